The standard InChI is InChI=1S/C22H20ClN5/c23-21-11-5-17(6-12-21)14-26-13-16-1-7-19(8-2-16)20-9-3-18(4-10-20)15-27-28-22(24)25/h1-13,15H,14H2,(H4,24,25,28)/b26-13?,27-15+. The fourth-order valence-corrected chi connectivity index (χ4v) is 2.66. The molecule has 0 heterocycles. The van der Waals surface area contributed by atoms with Crippen LogP contribution in [0.2, 0.25) is 5.02 Å². The third kappa shape index (κ3) is 5.79. The Kier molecular flexibility index (Phi) is 6.54. The average Bonchev–Trinajstić information content (AvgIpc) is 2.70. The van der Waals surface area contributed by atoms with Crippen LogP contribution in [-0.4, -0.2) is 18.4 Å². The molecule has 3 aromatic carbocycles. The van der Waals surface area contributed by atoms with E-state index < -0.39 is 0 Å². The number of nitrogens with two attached hydrogens (primary N) is 2. The molecule has 0 amide bonds. The van der Waals surface area contributed by atoms with E-state index >= 15 is 0 Å². The first kappa shape index (κ1) is 19.3. The third-order valence-corrected chi connectivity index (χ3v) is 4.21. The summed E-state index contributed by atoms with van der Waals surface area (Å²) in [6, 6.07) is 23.9. The summed E-state index contributed by atoms with van der Waals surface area (Å²) >= 11 is 5.89. The SMILES string of the molecule is NC(N)=N/N=C/c1ccc(-c2ccc(C=NCc3ccc(Cl)cc3)cc2)cc1. The van der Waals surface area contributed by atoms with Crippen molar-refractivity contribution in [3.05, 3.63) is 94.5 Å². The molecule has 0 spiro atoms. The molecule has 3 aromatic rings. The van der Waals surface area contributed by atoms with E-state index in [0.29, 0.717) is 6.54 Å². The normalized spacial score (nSPS) is 11.2. The minimum absolute atomic E-state index is 0.0651. The molecule has 0 unspecified atom stereocenters. The van der Waals surface area contributed by atoms with E-state index in [1.165, 1.54) is 0 Å². The molecule has 4 N–H and O–H groups in total. The zero-order chi connectivity index (χ0) is 19.8. The van der Waals surface area contributed by atoms with Crippen molar-refractivity contribution in [2.45, 2.75) is 6.54 Å². The lowest BCUT2D eigenvalue weighted by Gasteiger charge is -2.03. The highest BCUT2D eigenvalue weighted by Gasteiger charge is 1.98. The van der Waals surface area contributed by atoms with Gasteiger partial charge >= 0.3 is 0 Å². The van der Waals surface area contributed by atoms with Crippen LogP contribution in [0, 0.1) is 0 Å². The van der Waals surface area contributed by atoms with Gasteiger partial charge in [-0.05, 0) is 39.9 Å². The van der Waals surface area contributed by atoms with Gasteiger partial charge in [0, 0.05) is 11.2 Å². The number of benzene rings is 3. The molecule has 0 aromatic heterocycles. The Morgan fingerprint density at radius 3 is 1.82 bits per heavy atom. The summed E-state index contributed by atoms with van der Waals surface area (Å²) in [6.07, 6.45) is 3.48. The van der Waals surface area contributed by atoms with Gasteiger partial charge in [0.05, 0.1) is 12.8 Å². The van der Waals surface area contributed by atoms with E-state index in [1.54, 1.807) is 6.21 Å². The van der Waals surface area contributed by atoms with E-state index in [4.69, 9.17) is 23.1 Å². The van der Waals surface area contributed by atoms with Gasteiger partial charge in [-0.3, -0.25) is 4.99 Å². The molecule has 0 aliphatic rings. The van der Waals surface area contributed by atoms with E-state index in [0.717, 1.165) is 32.8 Å². The summed E-state index contributed by atoms with van der Waals surface area (Å²) in [7, 11) is 0. The number of hydrogen-bond donors (Lipinski definition) is 2. The smallest absolute Gasteiger partial charge is 0.211 e. The summed E-state index contributed by atoms with van der Waals surface area (Å²) in [5.74, 6) is -0.0651. The predicted molar refractivity (Wildman–Crippen MR) is 118 cm³/mol. The molecule has 6 heteroatoms. The quantitative estimate of drug-likeness (QED) is 0.375. The van der Waals surface area contributed by atoms with Gasteiger partial charge in [-0.15, -0.1) is 5.10 Å². The molecule has 28 heavy (non-hydrogen) atoms. The van der Waals surface area contributed by atoms with Crippen LogP contribution in [0.25, 0.3) is 11.1 Å². The predicted octanol–water partition coefficient (Wildman–Crippen LogP) is 4.23. The number of nitrogens with zero attached hydrogens (tertiary/aromatic N) is 3. The maximum atomic E-state index is 5.89. The van der Waals surface area contributed by atoms with Crippen LogP contribution in [-0.2, 0) is 6.54 Å². The zero-order valence-corrected chi connectivity index (χ0v) is 15.9. The van der Waals surface area contributed by atoms with E-state index in [-0.39, 0.29) is 5.96 Å². The van der Waals surface area contributed by atoms with Crippen LogP contribution in [0.4, 0.5) is 0 Å². The molecule has 0 fully saturated rings. The van der Waals surface area contributed by atoms with Crippen LogP contribution >= 0.6 is 11.6 Å². The topological polar surface area (TPSA) is 89.1 Å². The molecule has 0 saturated heterocycles. The second-order valence-electron chi connectivity index (χ2n) is 6.11. The fraction of sp³-hybridized carbons (Fsp3) is 0.0455. The fourth-order valence-electron chi connectivity index (χ4n) is 2.53. The molecule has 140 valence electrons. The number of aliphatic imine (C=N–C) groups is 1. The van der Waals surface area contributed by atoms with Crippen molar-refractivity contribution in [3.63, 3.8) is 0 Å². The molecule has 0 aliphatic heterocycles. The minimum Gasteiger partial charge on any atom is -0.369 e. The van der Waals surface area contributed by atoms with Gasteiger partial charge in [0.15, 0.2) is 0 Å². The highest BCUT2D eigenvalue weighted by atomic mass is 35.5. The van der Waals surface area contributed by atoms with Crippen molar-refractivity contribution >= 4 is 30.0 Å². The Labute approximate surface area is 169 Å². The van der Waals surface area contributed by atoms with Crippen LogP contribution in [0.15, 0.2) is 88.0 Å². The van der Waals surface area contributed by atoms with Gasteiger partial charge < -0.3 is 11.5 Å². The summed E-state index contributed by atoms with van der Waals surface area (Å²) in [6.45, 7) is 0.627. The molecule has 5 nitrogen and oxygen atoms in total. The number of rotatable bonds is 6. The van der Waals surface area contributed by atoms with Crippen molar-refractivity contribution in [2.24, 2.45) is 26.7 Å². The van der Waals surface area contributed by atoms with Gasteiger partial charge in [-0.25, -0.2) is 0 Å². The van der Waals surface area contributed by atoms with Gasteiger partial charge in [0.25, 0.3) is 0 Å². The first-order chi connectivity index (χ1) is 13.6. The first-order valence-electron chi connectivity index (χ1n) is 8.67. The Bertz CT molecular complexity index is 985. The molecular formula is C22H20ClN5. The molecule has 0 bridgehead atoms. The summed E-state index contributed by atoms with van der Waals surface area (Å²) < 4.78 is 0. The van der Waals surface area contributed by atoms with Gasteiger partial charge in [-0.1, -0.05) is 72.3 Å². The van der Waals surface area contributed by atoms with Gasteiger partial charge in [0.1, 0.15) is 0 Å². The molecule has 0 aliphatic carbocycles. The van der Waals surface area contributed by atoms with Crippen molar-refractivity contribution in [2.75, 3.05) is 0 Å². The largest absolute Gasteiger partial charge is 0.369 e. The average molecular weight is 390 g/mol. The lowest BCUT2D eigenvalue weighted by Crippen LogP contribution is -2.21. The van der Waals surface area contributed by atoms with Crippen molar-refractivity contribution in [3.8, 4) is 11.1 Å². The number of guanidine groups is 1. The van der Waals surface area contributed by atoms with Crippen molar-refractivity contribution in [1.29, 1.82) is 0 Å². The first-order valence-corrected chi connectivity index (χ1v) is 9.05. The van der Waals surface area contributed by atoms with Crippen LogP contribution in [0.1, 0.15) is 16.7 Å². The Balaban J connectivity index is 1.62. The highest BCUT2D eigenvalue weighted by Crippen LogP contribution is 2.20. The molecule has 0 radical (unpaired) electrons. The van der Waals surface area contributed by atoms with E-state index in [9.17, 15) is 0 Å². The second kappa shape index (κ2) is 9.48. The van der Waals surface area contributed by atoms with Crippen LogP contribution in [0.3, 0.4) is 0 Å². The molecular weight excluding hydrogens is 370 g/mol. The van der Waals surface area contributed by atoms with E-state index in [2.05, 4.69) is 39.5 Å². The summed E-state index contributed by atoms with van der Waals surface area (Å²) in [5.41, 5.74) is 15.8. The highest BCUT2D eigenvalue weighted by molar-refractivity contribution is 6.30. The number of hydrogen-bond acceptors (Lipinski definition) is 3. The van der Waals surface area contributed by atoms with Crippen molar-refractivity contribution in [1.82, 2.24) is 0 Å². The van der Waals surface area contributed by atoms with Crippen molar-refractivity contribution < 1.29 is 0 Å². The summed E-state index contributed by atoms with van der Waals surface area (Å²) in [5, 5.41) is 8.12. The lowest BCUT2D eigenvalue weighted by molar-refractivity contribution is 1.08. The maximum Gasteiger partial charge on any atom is 0.211 e. The van der Waals surface area contributed by atoms with Gasteiger partial charge in [-0.2, -0.15) is 5.10 Å². The van der Waals surface area contributed by atoms with Crippen LogP contribution < -0.4 is 11.5 Å². The van der Waals surface area contributed by atoms with Crippen LogP contribution in [0.5, 0.6) is 0 Å². The molecule has 0 atom stereocenters. The Morgan fingerprint density at radius 1 is 0.750 bits per heavy atom. The second-order valence-corrected chi connectivity index (χ2v) is 6.55. The molecule has 0 saturated carbocycles. The summed E-state index contributed by atoms with van der Waals surface area (Å²) in [4.78, 5) is 4.49. The minimum atomic E-state index is -0.0651. The lowest BCUT2D eigenvalue weighted by atomic mass is 10.0. The third-order valence-electron chi connectivity index (χ3n) is 3.96. The van der Waals surface area contributed by atoms with Gasteiger partial charge in [0.2, 0.25) is 5.96 Å². The molecule has 3 rings (SSSR count). The van der Waals surface area contributed by atoms with E-state index in [1.807, 2.05) is 54.7 Å². The Hall–Kier alpha value is -3.44. The maximum absolute atomic E-state index is 5.89. The Morgan fingerprint density at radius 2 is 1.29 bits per heavy atom. The zero-order valence-electron chi connectivity index (χ0n) is 15.2. The number of halogens is 1. The monoisotopic (exact) mass is 389 g/mol.